The van der Waals surface area contributed by atoms with E-state index in [-0.39, 0.29) is 0 Å². The molecule has 2 aromatic rings. The molecule has 2 unspecified atom stereocenters. The highest BCUT2D eigenvalue weighted by molar-refractivity contribution is 5.35. The van der Waals surface area contributed by atoms with Crippen LogP contribution < -0.4 is 18.9 Å². The van der Waals surface area contributed by atoms with E-state index in [0.717, 1.165) is 0 Å². The van der Waals surface area contributed by atoms with Crippen LogP contribution in [-0.2, 0) is 0 Å². The molecule has 2 rings (SSSR count). The van der Waals surface area contributed by atoms with Crippen molar-refractivity contribution in [3.05, 3.63) is 48.5 Å². The number of rotatable bonds is 8. The SMILES string of the molecule is CC(O)Oc1cccc(OC(C)(C)Oc2cccc(OC(C)O)c2)c1. The van der Waals surface area contributed by atoms with Crippen LogP contribution in [0.3, 0.4) is 0 Å². The van der Waals surface area contributed by atoms with Gasteiger partial charge in [0.05, 0.1) is 0 Å². The van der Waals surface area contributed by atoms with Crippen LogP contribution in [0.4, 0.5) is 0 Å². The first-order valence-corrected chi connectivity index (χ1v) is 8.01. The first kappa shape index (κ1) is 18.9. The lowest BCUT2D eigenvalue weighted by Crippen LogP contribution is -2.35. The van der Waals surface area contributed by atoms with E-state index >= 15 is 0 Å². The molecule has 0 aliphatic carbocycles. The Morgan fingerprint density at radius 2 is 1.08 bits per heavy atom. The van der Waals surface area contributed by atoms with Gasteiger partial charge >= 0.3 is 0 Å². The van der Waals surface area contributed by atoms with Crippen molar-refractivity contribution in [1.82, 2.24) is 0 Å². The Morgan fingerprint density at radius 1 is 0.720 bits per heavy atom. The van der Waals surface area contributed by atoms with Crippen molar-refractivity contribution in [1.29, 1.82) is 0 Å². The molecule has 0 aliphatic heterocycles. The fraction of sp³-hybridized carbons (Fsp3) is 0.368. The van der Waals surface area contributed by atoms with Crippen LogP contribution in [0.2, 0.25) is 0 Å². The van der Waals surface area contributed by atoms with E-state index in [4.69, 9.17) is 18.9 Å². The lowest BCUT2D eigenvalue weighted by Gasteiger charge is -2.28. The van der Waals surface area contributed by atoms with Crippen LogP contribution in [0, 0.1) is 0 Å². The molecule has 0 amide bonds. The average molecular weight is 348 g/mol. The van der Waals surface area contributed by atoms with Crippen LogP contribution >= 0.6 is 0 Å². The standard InChI is InChI=1S/C19H24O6/c1-13(20)22-15-7-5-9-17(11-15)24-19(3,4)25-18-10-6-8-16(12-18)23-14(2)21/h5-14,20-21H,1-4H3. The van der Waals surface area contributed by atoms with Gasteiger partial charge in [0.15, 0.2) is 12.6 Å². The largest absolute Gasteiger partial charge is 0.465 e. The monoisotopic (exact) mass is 348 g/mol. The maximum atomic E-state index is 9.30. The molecule has 0 aromatic heterocycles. The number of hydrogen-bond acceptors (Lipinski definition) is 6. The summed E-state index contributed by atoms with van der Waals surface area (Å²) >= 11 is 0. The third kappa shape index (κ3) is 6.52. The van der Waals surface area contributed by atoms with Crippen LogP contribution in [0.5, 0.6) is 23.0 Å². The lowest BCUT2D eigenvalue weighted by molar-refractivity contribution is -0.0814. The summed E-state index contributed by atoms with van der Waals surface area (Å²) in [4.78, 5) is 0. The molecule has 25 heavy (non-hydrogen) atoms. The second-order valence-corrected chi connectivity index (χ2v) is 5.99. The quantitative estimate of drug-likeness (QED) is 0.713. The molecule has 0 radical (unpaired) electrons. The maximum absolute atomic E-state index is 9.30. The highest BCUT2D eigenvalue weighted by atomic mass is 16.7. The summed E-state index contributed by atoms with van der Waals surface area (Å²) in [7, 11) is 0. The Balaban J connectivity index is 2.06. The molecule has 6 nitrogen and oxygen atoms in total. The second-order valence-electron chi connectivity index (χ2n) is 5.99. The fourth-order valence-corrected chi connectivity index (χ4v) is 2.20. The molecule has 2 aromatic carbocycles. The molecular formula is C19H24O6. The van der Waals surface area contributed by atoms with Gasteiger partial charge in [-0.2, -0.15) is 0 Å². The van der Waals surface area contributed by atoms with Crippen LogP contribution in [0.1, 0.15) is 27.7 Å². The smallest absolute Gasteiger partial charge is 0.245 e. The molecule has 2 atom stereocenters. The zero-order valence-corrected chi connectivity index (χ0v) is 14.8. The molecule has 2 N–H and O–H groups in total. The minimum absolute atomic E-state index is 0.496. The van der Waals surface area contributed by atoms with Gasteiger partial charge in [-0.15, -0.1) is 0 Å². The number of hydrogen-bond donors (Lipinski definition) is 2. The second kappa shape index (κ2) is 8.09. The van der Waals surface area contributed by atoms with Crippen LogP contribution in [0.15, 0.2) is 48.5 Å². The minimum Gasteiger partial charge on any atom is -0.465 e. The molecule has 0 aliphatic rings. The van der Waals surface area contributed by atoms with Gasteiger partial charge in [-0.3, -0.25) is 0 Å². The first-order valence-electron chi connectivity index (χ1n) is 8.01. The highest BCUT2D eigenvalue weighted by Gasteiger charge is 2.22. The van der Waals surface area contributed by atoms with Gasteiger partial charge in [0, 0.05) is 26.0 Å². The summed E-state index contributed by atoms with van der Waals surface area (Å²) in [6.07, 6.45) is -1.81. The van der Waals surface area contributed by atoms with E-state index in [1.807, 2.05) is 0 Å². The van der Waals surface area contributed by atoms with Crippen molar-refractivity contribution in [2.24, 2.45) is 0 Å². The van der Waals surface area contributed by atoms with Gasteiger partial charge in [0.2, 0.25) is 5.79 Å². The highest BCUT2D eigenvalue weighted by Crippen LogP contribution is 2.28. The molecule has 0 spiro atoms. The summed E-state index contributed by atoms with van der Waals surface area (Å²) in [6.45, 7) is 6.61. The van der Waals surface area contributed by atoms with Crippen molar-refractivity contribution < 1.29 is 29.2 Å². The normalized spacial score (nSPS) is 13.7. The number of ether oxygens (including phenoxy) is 4. The molecule has 0 saturated carbocycles. The van der Waals surface area contributed by atoms with E-state index in [2.05, 4.69) is 0 Å². The van der Waals surface area contributed by atoms with Crippen molar-refractivity contribution in [2.45, 2.75) is 46.1 Å². The fourth-order valence-electron chi connectivity index (χ4n) is 2.20. The third-order valence-corrected chi connectivity index (χ3v) is 2.95. The Kier molecular flexibility index (Phi) is 6.12. The molecule has 0 heterocycles. The molecule has 0 fully saturated rings. The summed E-state index contributed by atoms with van der Waals surface area (Å²) in [6, 6.07) is 13.9. The van der Waals surface area contributed by atoms with E-state index in [1.54, 1.807) is 62.4 Å². The van der Waals surface area contributed by atoms with E-state index in [9.17, 15) is 10.2 Å². The topological polar surface area (TPSA) is 77.4 Å². The van der Waals surface area contributed by atoms with Crippen LogP contribution in [-0.4, -0.2) is 28.6 Å². The van der Waals surface area contributed by atoms with E-state index < -0.39 is 18.4 Å². The van der Waals surface area contributed by atoms with Crippen molar-refractivity contribution in [3.63, 3.8) is 0 Å². The molecule has 0 bridgehead atoms. The van der Waals surface area contributed by atoms with Crippen molar-refractivity contribution in [3.8, 4) is 23.0 Å². The Hall–Kier alpha value is -2.44. The zero-order valence-electron chi connectivity index (χ0n) is 14.8. The molecule has 136 valence electrons. The molecular weight excluding hydrogens is 324 g/mol. The van der Waals surface area contributed by atoms with Crippen molar-refractivity contribution in [2.75, 3.05) is 0 Å². The van der Waals surface area contributed by atoms with Gasteiger partial charge in [-0.05, 0) is 38.1 Å². The maximum Gasteiger partial charge on any atom is 0.245 e. The predicted octanol–water partition coefficient (Wildman–Crippen LogP) is 3.31. The van der Waals surface area contributed by atoms with E-state index in [1.165, 1.54) is 13.8 Å². The molecule has 6 heteroatoms. The first-order chi connectivity index (χ1) is 11.7. The van der Waals surface area contributed by atoms with Gasteiger partial charge in [-0.1, -0.05) is 12.1 Å². The number of benzene rings is 2. The number of aliphatic hydroxyl groups excluding tert-OH is 2. The zero-order chi connectivity index (χ0) is 18.4. The van der Waals surface area contributed by atoms with E-state index in [0.29, 0.717) is 23.0 Å². The Bertz CT molecular complexity index is 624. The summed E-state index contributed by atoms with van der Waals surface area (Å²) < 4.78 is 22.2. The Morgan fingerprint density at radius 3 is 1.44 bits per heavy atom. The summed E-state index contributed by atoms with van der Waals surface area (Å²) in [5, 5.41) is 18.6. The minimum atomic E-state index is -0.965. The predicted molar refractivity (Wildman–Crippen MR) is 92.8 cm³/mol. The number of aliphatic hydroxyl groups is 2. The summed E-state index contributed by atoms with van der Waals surface area (Å²) in [5.41, 5.74) is 0. The van der Waals surface area contributed by atoms with Gasteiger partial charge in [0.25, 0.3) is 0 Å². The van der Waals surface area contributed by atoms with Gasteiger partial charge in [0.1, 0.15) is 23.0 Å². The third-order valence-electron chi connectivity index (χ3n) is 2.95. The van der Waals surface area contributed by atoms with Gasteiger partial charge < -0.3 is 29.2 Å². The van der Waals surface area contributed by atoms with Crippen molar-refractivity contribution >= 4 is 0 Å². The van der Waals surface area contributed by atoms with Gasteiger partial charge in [-0.25, -0.2) is 0 Å². The Labute approximate surface area is 147 Å². The van der Waals surface area contributed by atoms with Crippen LogP contribution in [0.25, 0.3) is 0 Å². The molecule has 0 saturated heterocycles. The average Bonchev–Trinajstić information content (AvgIpc) is 2.45. The summed E-state index contributed by atoms with van der Waals surface area (Å²) in [5.74, 6) is 1.11. The lowest BCUT2D eigenvalue weighted by atomic mass is 10.3.